The first-order valence-corrected chi connectivity index (χ1v) is 6.36. The van der Waals surface area contributed by atoms with Gasteiger partial charge in [-0.2, -0.15) is 0 Å². The quantitative estimate of drug-likeness (QED) is 0.411. The van der Waals surface area contributed by atoms with Crippen molar-refractivity contribution in [1.29, 1.82) is 0 Å². The van der Waals surface area contributed by atoms with Crippen molar-refractivity contribution in [1.82, 2.24) is 4.90 Å². The zero-order chi connectivity index (χ0) is 14.6. The van der Waals surface area contributed by atoms with Crippen LogP contribution in [-0.4, -0.2) is 48.0 Å². The number of halogens is 1. The van der Waals surface area contributed by atoms with Gasteiger partial charge in [0.25, 0.3) is 11.8 Å². The molecule has 1 rings (SSSR count). The van der Waals surface area contributed by atoms with Gasteiger partial charge in [0.1, 0.15) is 12.5 Å². The number of rotatable bonds is 6. The van der Waals surface area contributed by atoms with Crippen molar-refractivity contribution in [2.24, 2.45) is 0 Å². The van der Waals surface area contributed by atoms with E-state index in [0.29, 0.717) is 17.8 Å². The van der Waals surface area contributed by atoms with E-state index in [1.165, 1.54) is 0 Å². The maximum atomic E-state index is 12.0. The number of esters is 1. The normalized spacial score (nSPS) is 17.2. The molecule has 0 aromatic rings. The first-order chi connectivity index (χ1) is 8.93. The molecule has 0 bridgehead atoms. The van der Waals surface area contributed by atoms with Gasteiger partial charge in [-0.3, -0.25) is 14.4 Å². The Labute approximate surface area is 116 Å². The molecule has 1 aliphatic heterocycles. The lowest BCUT2D eigenvalue weighted by atomic mass is 10.2. The molecular formula is C12H16ClNO5. The van der Waals surface area contributed by atoms with Gasteiger partial charge in [0.05, 0.1) is 0 Å². The Kier molecular flexibility index (Phi) is 5.50. The highest BCUT2D eigenvalue weighted by Crippen LogP contribution is 2.23. The SMILES string of the molecule is CCOCC(OC(=O)CCl)N1C(=O)C(C)=C(C)C1=O. The molecule has 1 unspecified atom stereocenters. The van der Waals surface area contributed by atoms with Crippen LogP contribution < -0.4 is 0 Å². The van der Waals surface area contributed by atoms with Crippen molar-refractivity contribution < 1.29 is 23.9 Å². The molecule has 0 spiro atoms. The lowest BCUT2D eigenvalue weighted by Crippen LogP contribution is -2.46. The predicted octanol–water partition coefficient (Wildman–Crippen LogP) is 0.836. The van der Waals surface area contributed by atoms with E-state index in [2.05, 4.69) is 0 Å². The largest absolute Gasteiger partial charge is 0.438 e. The Bertz CT molecular complexity index is 408. The molecule has 0 aliphatic carbocycles. The van der Waals surface area contributed by atoms with Crippen LogP contribution in [-0.2, 0) is 23.9 Å². The second-order valence-electron chi connectivity index (χ2n) is 3.97. The molecule has 1 heterocycles. The first-order valence-electron chi connectivity index (χ1n) is 5.82. The van der Waals surface area contributed by atoms with Crippen LogP contribution in [0.4, 0.5) is 0 Å². The molecule has 2 amide bonds. The average Bonchev–Trinajstić information content (AvgIpc) is 2.59. The highest BCUT2D eigenvalue weighted by atomic mass is 35.5. The molecule has 0 aromatic carbocycles. The predicted molar refractivity (Wildman–Crippen MR) is 67.3 cm³/mol. The van der Waals surface area contributed by atoms with E-state index in [4.69, 9.17) is 21.1 Å². The van der Waals surface area contributed by atoms with Crippen molar-refractivity contribution in [3.05, 3.63) is 11.1 Å². The van der Waals surface area contributed by atoms with E-state index in [1.807, 2.05) is 0 Å². The van der Waals surface area contributed by atoms with Gasteiger partial charge in [0.2, 0.25) is 6.23 Å². The number of alkyl halides is 1. The molecule has 0 radical (unpaired) electrons. The molecule has 0 fully saturated rings. The minimum Gasteiger partial charge on any atom is -0.438 e. The van der Waals surface area contributed by atoms with Crippen LogP contribution in [0.1, 0.15) is 20.8 Å². The summed E-state index contributed by atoms with van der Waals surface area (Å²) in [5.41, 5.74) is 0.682. The highest BCUT2D eigenvalue weighted by Gasteiger charge is 2.40. The molecule has 0 saturated carbocycles. The van der Waals surface area contributed by atoms with Crippen molar-refractivity contribution in [2.75, 3.05) is 19.1 Å². The van der Waals surface area contributed by atoms with E-state index >= 15 is 0 Å². The van der Waals surface area contributed by atoms with Gasteiger partial charge in [-0.1, -0.05) is 0 Å². The van der Waals surface area contributed by atoms with E-state index in [9.17, 15) is 14.4 Å². The Hall–Kier alpha value is -1.40. The Morgan fingerprint density at radius 3 is 2.21 bits per heavy atom. The maximum absolute atomic E-state index is 12.0. The van der Waals surface area contributed by atoms with Crippen molar-refractivity contribution in [3.63, 3.8) is 0 Å². The smallest absolute Gasteiger partial charge is 0.322 e. The fourth-order valence-corrected chi connectivity index (χ4v) is 1.66. The first kappa shape index (κ1) is 15.7. The second-order valence-corrected chi connectivity index (χ2v) is 4.24. The minimum atomic E-state index is -1.08. The van der Waals surface area contributed by atoms with Crippen molar-refractivity contribution in [3.8, 4) is 0 Å². The number of nitrogens with zero attached hydrogens (tertiary/aromatic N) is 1. The van der Waals surface area contributed by atoms with Gasteiger partial charge in [-0.25, -0.2) is 4.90 Å². The summed E-state index contributed by atoms with van der Waals surface area (Å²) in [6.07, 6.45) is -1.08. The number of ether oxygens (including phenoxy) is 2. The van der Waals surface area contributed by atoms with Crippen LogP contribution in [0.25, 0.3) is 0 Å². The number of carbonyl (C=O) groups is 3. The molecule has 6 nitrogen and oxygen atoms in total. The average molecular weight is 290 g/mol. The zero-order valence-electron chi connectivity index (χ0n) is 11.1. The molecule has 7 heteroatoms. The van der Waals surface area contributed by atoms with Crippen LogP contribution in [0.3, 0.4) is 0 Å². The highest BCUT2D eigenvalue weighted by molar-refractivity contribution is 6.26. The zero-order valence-corrected chi connectivity index (χ0v) is 11.8. The Balaban J connectivity index is 2.90. The standard InChI is InChI=1S/C12H16ClNO5/c1-4-18-6-9(19-10(15)5-13)14-11(16)7(2)8(3)12(14)17/h9H,4-6H2,1-3H3. The molecule has 0 N–H and O–H groups in total. The number of carbonyl (C=O) groups excluding carboxylic acids is 3. The third-order valence-electron chi connectivity index (χ3n) is 2.77. The lowest BCUT2D eigenvalue weighted by Gasteiger charge is -2.25. The fourth-order valence-electron chi connectivity index (χ4n) is 1.60. The fraction of sp³-hybridized carbons (Fsp3) is 0.583. The van der Waals surface area contributed by atoms with Gasteiger partial charge in [0, 0.05) is 17.8 Å². The van der Waals surface area contributed by atoms with E-state index in [1.54, 1.807) is 20.8 Å². The summed E-state index contributed by atoms with van der Waals surface area (Å²) in [5, 5.41) is 0. The number of hydrogen-bond acceptors (Lipinski definition) is 5. The van der Waals surface area contributed by atoms with Crippen LogP contribution in [0.15, 0.2) is 11.1 Å². The van der Waals surface area contributed by atoms with Crippen LogP contribution in [0.5, 0.6) is 0 Å². The monoisotopic (exact) mass is 289 g/mol. The molecule has 1 aliphatic rings. The Morgan fingerprint density at radius 1 is 1.26 bits per heavy atom. The summed E-state index contributed by atoms with van der Waals surface area (Å²) in [6.45, 7) is 5.16. The van der Waals surface area contributed by atoms with Crippen molar-refractivity contribution in [2.45, 2.75) is 27.0 Å². The number of amides is 2. The third kappa shape index (κ3) is 3.33. The van der Waals surface area contributed by atoms with Gasteiger partial charge >= 0.3 is 5.97 Å². The second kappa shape index (κ2) is 6.68. The topological polar surface area (TPSA) is 72.9 Å². The summed E-state index contributed by atoms with van der Waals surface area (Å²) in [5.74, 6) is -2.03. The van der Waals surface area contributed by atoms with Gasteiger partial charge in [-0.15, -0.1) is 11.6 Å². The molecule has 0 saturated heterocycles. The van der Waals surface area contributed by atoms with E-state index in [0.717, 1.165) is 4.90 Å². The molecule has 0 aromatic heterocycles. The van der Waals surface area contributed by atoms with E-state index < -0.39 is 24.0 Å². The lowest BCUT2D eigenvalue weighted by molar-refractivity contribution is -0.170. The van der Waals surface area contributed by atoms with Crippen LogP contribution in [0.2, 0.25) is 0 Å². The summed E-state index contributed by atoms with van der Waals surface area (Å²) in [6, 6.07) is 0. The van der Waals surface area contributed by atoms with Gasteiger partial charge in [-0.05, 0) is 20.8 Å². The van der Waals surface area contributed by atoms with Gasteiger partial charge < -0.3 is 9.47 Å². The van der Waals surface area contributed by atoms with Crippen LogP contribution in [0, 0.1) is 0 Å². The minimum absolute atomic E-state index is 0.0723. The van der Waals surface area contributed by atoms with E-state index in [-0.39, 0.29) is 12.5 Å². The number of hydrogen-bond donors (Lipinski definition) is 0. The van der Waals surface area contributed by atoms with Crippen molar-refractivity contribution >= 4 is 29.4 Å². The summed E-state index contributed by atoms with van der Waals surface area (Å²) < 4.78 is 10.1. The van der Waals surface area contributed by atoms with Gasteiger partial charge in [0.15, 0.2) is 0 Å². The molecule has 106 valence electrons. The summed E-state index contributed by atoms with van der Waals surface area (Å²) >= 11 is 5.35. The maximum Gasteiger partial charge on any atom is 0.322 e. The van der Waals surface area contributed by atoms with Crippen LogP contribution >= 0.6 is 11.6 Å². The molecule has 1 atom stereocenters. The molecule has 19 heavy (non-hydrogen) atoms. The molecular weight excluding hydrogens is 274 g/mol. The summed E-state index contributed by atoms with van der Waals surface area (Å²) in [4.78, 5) is 36.1. The third-order valence-corrected chi connectivity index (χ3v) is 2.99. The summed E-state index contributed by atoms with van der Waals surface area (Å²) in [7, 11) is 0. The number of imide groups is 1. The Morgan fingerprint density at radius 2 is 1.79 bits per heavy atom.